The van der Waals surface area contributed by atoms with Gasteiger partial charge in [-0.05, 0) is 37.6 Å². The van der Waals surface area contributed by atoms with Gasteiger partial charge >= 0.3 is 0 Å². The van der Waals surface area contributed by atoms with Crippen LogP contribution in [-0.4, -0.2) is 28.8 Å². The van der Waals surface area contributed by atoms with Crippen LogP contribution >= 0.6 is 11.6 Å². The summed E-state index contributed by atoms with van der Waals surface area (Å²) in [6.45, 7) is 0.726. The van der Waals surface area contributed by atoms with Crippen LogP contribution in [0.1, 0.15) is 48.0 Å². The van der Waals surface area contributed by atoms with E-state index in [1.807, 2.05) is 24.3 Å². The van der Waals surface area contributed by atoms with E-state index in [2.05, 4.69) is 17.3 Å². The first-order valence-corrected chi connectivity index (χ1v) is 9.87. The smallest absolute Gasteiger partial charge is 0.270 e. The Morgan fingerprint density at radius 2 is 1.93 bits per heavy atom. The summed E-state index contributed by atoms with van der Waals surface area (Å²) in [4.78, 5) is 25.5. The molecule has 0 bridgehead atoms. The number of nitro benzene ring substituents is 1. The van der Waals surface area contributed by atoms with Crippen molar-refractivity contribution in [1.29, 1.82) is 0 Å². The molecule has 0 saturated heterocycles. The van der Waals surface area contributed by atoms with Gasteiger partial charge in [0.05, 0.1) is 15.5 Å². The SMILES string of the molecule is CN(Cc1ccccc1NC(=O)c1cc([N+](=O)[O-])ccc1Cl)C1CCCCC1. The summed E-state index contributed by atoms with van der Waals surface area (Å²) in [5.74, 6) is -0.457. The van der Waals surface area contributed by atoms with E-state index in [0.29, 0.717) is 11.7 Å². The van der Waals surface area contributed by atoms with Crippen molar-refractivity contribution in [1.82, 2.24) is 4.90 Å². The number of benzene rings is 2. The lowest BCUT2D eigenvalue weighted by molar-refractivity contribution is -0.384. The average molecular weight is 402 g/mol. The second kappa shape index (κ2) is 9.17. The third-order valence-electron chi connectivity index (χ3n) is 5.29. The molecule has 0 heterocycles. The van der Waals surface area contributed by atoms with E-state index in [9.17, 15) is 14.9 Å². The fourth-order valence-corrected chi connectivity index (χ4v) is 3.89. The molecule has 1 aliphatic rings. The molecule has 7 heteroatoms. The number of nitrogens with zero attached hydrogens (tertiary/aromatic N) is 2. The van der Waals surface area contributed by atoms with Crippen LogP contribution in [-0.2, 0) is 6.54 Å². The summed E-state index contributed by atoms with van der Waals surface area (Å²) in [5.41, 5.74) is 1.62. The van der Waals surface area contributed by atoms with Gasteiger partial charge < -0.3 is 5.32 Å². The number of anilines is 1. The normalized spacial score (nSPS) is 14.8. The Balaban J connectivity index is 1.77. The maximum absolute atomic E-state index is 12.7. The highest BCUT2D eigenvalue weighted by Crippen LogP contribution is 2.27. The van der Waals surface area contributed by atoms with Gasteiger partial charge in [-0.25, -0.2) is 0 Å². The molecule has 0 aromatic heterocycles. The lowest BCUT2D eigenvalue weighted by Crippen LogP contribution is -2.33. The largest absolute Gasteiger partial charge is 0.322 e. The fourth-order valence-electron chi connectivity index (χ4n) is 3.69. The monoisotopic (exact) mass is 401 g/mol. The van der Waals surface area contributed by atoms with Gasteiger partial charge in [0.2, 0.25) is 0 Å². The second-order valence-corrected chi connectivity index (χ2v) is 7.65. The van der Waals surface area contributed by atoms with Crippen molar-refractivity contribution in [3.05, 3.63) is 68.7 Å². The zero-order chi connectivity index (χ0) is 20.1. The first-order valence-electron chi connectivity index (χ1n) is 9.49. The van der Waals surface area contributed by atoms with Gasteiger partial charge in [0.25, 0.3) is 11.6 Å². The van der Waals surface area contributed by atoms with Gasteiger partial charge in [0.15, 0.2) is 0 Å². The van der Waals surface area contributed by atoms with Gasteiger partial charge in [-0.15, -0.1) is 0 Å². The van der Waals surface area contributed by atoms with Crippen molar-refractivity contribution in [2.75, 3.05) is 12.4 Å². The van der Waals surface area contributed by atoms with Crippen LogP contribution in [0.2, 0.25) is 5.02 Å². The number of carbonyl (C=O) groups excluding carboxylic acids is 1. The number of carbonyl (C=O) groups is 1. The molecule has 3 rings (SSSR count). The molecule has 0 unspecified atom stereocenters. The minimum absolute atomic E-state index is 0.0892. The summed E-state index contributed by atoms with van der Waals surface area (Å²) < 4.78 is 0. The second-order valence-electron chi connectivity index (χ2n) is 7.24. The van der Waals surface area contributed by atoms with Gasteiger partial charge in [-0.1, -0.05) is 49.1 Å². The molecule has 1 N–H and O–H groups in total. The van der Waals surface area contributed by atoms with E-state index in [1.165, 1.54) is 50.3 Å². The van der Waals surface area contributed by atoms with E-state index >= 15 is 0 Å². The third kappa shape index (κ3) is 4.88. The molecule has 148 valence electrons. The summed E-state index contributed by atoms with van der Waals surface area (Å²) in [5, 5.41) is 14.0. The van der Waals surface area contributed by atoms with Crippen molar-refractivity contribution in [3.63, 3.8) is 0 Å². The Morgan fingerprint density at radius 3 is 2.64 bits per heavy atom. The molecular formula is C21H24ClN3O3. The molecule has 1 fully saturated rings. The number of para-hydroxylation sites is 1. The number of hydrogen-bond acceptors (Lipinski definition) is 4. The van der Waals surface area contributed by atoms with E-state index in [-0.39, 0.29) is 16.3 Å². The minimum Gasteiger partial charge on any atom is -0.322 e. The molecule has 1 aliphatic carbocycles. The molecule has 1 saturated carbocycles. The van der Waals surface area contributed by atoms with Crippen molar-refractivity contribution < 1.29 is 9.72 Å². The Bertz CT molecular complexity index is 866. The lowest BCUT2D eigenvalue weighted by Gasteiger charge is -2.31. The van der Waals surface area contributed by atoms with Crippen molar-refractivity contribution in [2.24, 2.45) is 0 Å². The molecule has 6 nitrogen and oxygen atoms in total. The van der Waals surface area contributed by atoms with Crippen molar-refractivity contribution in [3.8, 4) is 0 Å². The van der Waals surface area contributed by atoms with Gasteiger partial charge in [-0.3, -0.25) is 19.8 Å². The number of non-ortho nitro benzene ring substituents is 1. The third-order valence-corrected chi connectivity index (χ3v) is 5.62. The Hall–Kier alpha value is -2.44. The van der Waals surface area contributed by atoms with E-state index in [0.717, 1.165) is 12.1 Å². The van der Waals surface area contributed by atoms with Crippen LogP contribution in [0.4, 0.5) is 11.4 Å². The first kappa shape index (κ1) is 20.3. The summed E-state index contributed by atoms with van der Waals surface area (Å²) >= 11 is 6.10. The standard InChI is InChI=1S/C21H24ClN3O3/c1-24(16-8-3-2-4-9-16)14-15-7-5-6-10-20(15)23-21(26)18-13-17(25(27)28)11-12-19(18)22/h5-7,10-13,16H,2-4,8-9,14H2,1H3,(H,23,26). The predicted molar refractivity (Wildman–Crippen MR) is 111 cm³/mol. The Kier molecular flexibility index (Phi) is 6.65. The highest BCUT2D eigenvalue weighted by Gasteiger charge is 2.20. The fraction of sp³-hybridized carbons (Fsp3) is 0.381. The Morgan fingerprint density at radius 1 is 1.21 bits per heavy atom. The van der Waals surface area contributed by atoms with Gasteiger partial charge in [-0.2, -0.15) is 0 Å². The lowest BCUT2D eigenvalue weighted by atomic mass is 9.94. The van der Waals surface area contributed by atoms with E-state index in [1.54, 1.807) is 0 Å². The van der Waals surface area contributed by atoms with Crippen LogP contribution in [0.3, 0.4) is 0 Å². The molecular weight excluding hydrogens is 378 g/mol. The average Bonchev–Trinajstić information content (AvgIpc) is 2.70. The molecule has 1 amide bonds. The zero-order valence-corrected chi connectivity index (χ0v) is 16.6. The highest BCUT2D eigenvalue weighted by atomic mass is 35.5. The number of hydrogen-bond donors (Lipinski definition) is 1. The molecule has 0 atom stereocenters. The maximum atomic E-state index is 12.7. The molecule has 0 aliphatic heterocycles. The van der Waals surface area contributed by atoms with Crippen LogP contribution < -0.4 is 5.32 Å². The van der Waals surface area contributed by atoms with E-state index < -0.39 is 10.8 Å². The van der Waals surface area contributed by atoms with Gasteiger partial charge in [0.1, 0.15) is 0 Å². The quantitative estimate of drug-likeness (QED) is 0.528. The maximum Gasteiger partial charge on any atom is 0.270 e. The summed E-state index contributed by atoms with van der Waals surface area (Å²) in [6, 6.07) is 12.0. The molecule has 28 heavy (non-hydrogen) atoms. The van der Waals surface area contributed by atoms with Crippen LogP contribution in [0.5, 0.6) is 0 Å². The van der Waals surface area contributed by atoms with Crippen LogP contribution in [0.25, 0.3) is 0 Å². The van der Waals surface area contributed by atoms with Crippen molar-refractivity contribution in [2.45, 2.75) is 44.7 Å². The number of amides is 1. The zero-order valence-electron chi connectivity index (χ0n) is 15.9. The van der Waals surface area contributed by atoms with Gasteiger partial charge in [0, 0.05) is 30.4 Å². The number of halogens is 1. The Labute approximate surface area is 169 Å². The molecule has 2 aromatic rings. The van der Waals surface area contributed by atoms with Crippen molar-refractivity contribution >= 4 is 28.9 Å². The van der Waals surface area contributed by atoms with E-state index in [4.69, 9.17) is 11.6 Å². The first-order chi connectivity index (χ1) is 13.5. The topological polar surface area (TPSA) is 75.5 Å². The van der Waals surface area contributed by atoms with Crippen LogP contribution in [0, 0.1) is 10.1 Å². The number of nitrogens with one attached hydrogen (secondary N) is 1. The predicted octanol–water partition coefficient (Wildman–Crippen LogP) is 5.27. The molecule has 2 aromatic carbocycles. The highest BCUT2D eigenvalue weighted by molar-refractivity contribution is 6.34. The summed E-state index contributed by atoms with van der Waals surface area (Å²) in [7, 11) is 2.12. The number of rotatable bonds is 6. The summed E-state index contributed by atoms with van der Waals surface area (Å²) in [6.07, 6.45) is 6.24. The van der Waals surface area contributed by atoms with Crippen LogP contribution in [0.15, 0.2) is 42.5 Å². The minimum atomic E-state index is -0.541. The molecule has 0 spiro atoms. The number of nitro groups is 1. The molecule has 0 radical (unpaired) electrons.